The van der Waals surface area contributed by atoms with Crippen molar-refractivity contribution in [3.05, 3.63) is 76.5 Å². The number of hydrogen-bond donors (Lipinski definition) is 1. The Morgan fingerprint density at radius 3 is 2.17 bits per heavy atom. The van der Waals surface area contributed by atoms with E-state index in [0.29, 0.717) is 24.5 Å². The zero-order chi connectivity index (χ0) is 25.8. The lowest BCUT2D eigenvalue weighted by atomic mass is 9.89. The minimum atomic E-state index is -4.94. The highest BCUT2D eigenvalue weighted by atomic mass is 19.4. The van der Waals surface area contributed by atoms with Crippen molar-refractivity contribution in [3.8, 4) is 0 Å². The van der Waals surface area contributed by atoms with Crippen molar-refractivity contribution in [2.75, 3.05) is 6.54 Å². The summed E-state index contributed by atoms with van der Waals surface area (Å²) in [4.78, 5) is 3.35. The first-order chi connectivity index (χ1) is 16.4. The molecule has 2 nitrogen and oxygen atoms in total. The summed E-state index contributed by atoms with van der Waals surface area (Å²) < 4.78 is 109. The van der Waals surface area contributed by atoms with Crippen LogP contribution in [0.1, 0.15) is 60.9 Å². The molecule has 190 valence electrons. The van der Waals surface area contributed by atoms with Crippen LogP contribution in [0.5, 0.6) is 0 Å². The molecule has 0 aliphatic carbocycles. The molecule has 0 radical (unpaired) electrons. The molecular formula is C25H24F8N2. The van der Waals surface area contributed by atoms with Crippen LogP contribution < -0.4 is 5.32 Å². The summed E-state index contributed by atoms with van der Waals surface area (Å²) in [6.07, 6.45) is -7.15. The Kier molecular flexibility index (Phi) is 8.35. The number of para-hydroxylation sites is 1. The zero-order valence-corrected chi connectivity index (χ0v) is 18.8. The highest BCUT2D eigenvalue weighted by Crippen LogP contribution is 2.40. The molecule has 35 heavy (non-hydrogen) atoms. The Morgan fingerprint density at radius 1 is 0.886 bits per heavy atom. The summed E-state index contributed by atoms with van der Waals surface area (Å²) in [5.41, 5.74) is -2.99. The lowest BCUT2D eigenvalue weighted by Gasteiger charge is -2.22. The number of nitrogens with one attached hydrogen (secondary N) is 1. The highest BCUT2D eigenvalue weighted by molar-refractivity contribution is 5.86. The van der Waals surface area contributed by atoms with Crippen LogP contribution in [0.4, 0.5) is 35.1 Å². The van der Waals surface area contributed by atoms with Gasteiger partial charge in [0, 0.05) is 24.5 Å². The van der Waals surface area contributed by atoms with E-state index in [4.69, 9.17) is 0 Å². The fraction of sp³-hybridized carbons (Fsp3) is 0.400. The number of hydrogen-bond acceptors (Lipinski definition) is 2. The van der Waals surface area contributed by atoms with Crippen molar-refractivity contribution in [3.63, 3.8) is 0 Å². The molecule has 1 aromatic heterocycles. The fourth-order valence-corrected chi connectivity index (χ4v) is 4.10. The normalized spacial score (nSPS) is 13.4. The maximum absolute atomic E-state index is 13.6. The predicted octanol–water partition coefficient (Wildman–Crippen LogP) is 8.00. The molecule has 3 rings (SSSR count). The predicted molar refractivity (Wildman–Crippen MR) is 117 cm³/mol. The minimum Gasteiger partial charge on any atom is -0.312 e. The summed E-state index contributed by atoms with van der Waals surface area (Å²) in [5, 5.41) is 2.99. The molecule has 0 saturated carbocycles. The van der Waals surface area contributed by atoms with Crippen LogP contribution in [0.2, 0.25) is 0 Å². The van der Waals surface area contributed by atoms with E-state index < -0.39 is 46.7 Å². The zero-order valence-electron chi connectivity index (χ0n) is 18.8. The van der Waals surface area contributed by atoms with Gasteiger partial charge >= 0.3 is 12.4 Å². The number of fused-ring (bicyclic) bond motifs is 1. The second-order valence-electron chi connectivity index (χ2n) is 8.40. The molecule has 1 heterocycles. The van der Waals surface area contributed by atoms with Gasteiger partial charge in [-0.2, -0.15) is 26.3 Å². The molecule has 0 amide bonds. The molecule has 1 unspecified atom stereocenters. The van der Waals surface area contributed by atoms with Gasteiger partial charge in [-0.15, -0.1) is 0 Å². The third-order valence-electron chi connectivity index (χ3n) is 5.71. The quantitative estimate of drug-likeness (QED) is 0.236. The van der Waals surface area contributed by atoms with Crippen molar-refractivity contribution in [1.82, 2.24) is 10.3 Å². The van der Waals surface area contributed by atoms with Crippen molar-refractivity contribution in [2.24, 2.45) is 0 Å². The molecule has 0 aliphatic heterocycles. The first-order valence-electron chi connectivity index (χ1n) is 11.1. The van der Waals surface area contributed by atoms with E-state index in [0.717, 1.165) is 43.2 Å². The Bertz CT molecular complexity index is 1130. The third-order valence-corrected chi connectivity index (χ3v) is 5.71. The van der Waals surface area contributed by atoms with E-state index in [-0.39, 0.29) is 24.0 Å². The number of benzene rings is 2. The highest BCUT2D eigenvalue weighted by Gasteiger charge is 2.38. The van der Waals surface area contributed by atoms with Crippen LogP contribution in [0.25, 0.3) is 10.9 Å². The lowest BCUT2D eigenvalue weighted by Crippen LogP contribution is -2.23. The number of halogens is 8. The van der Waals surface area contributed by atoms with Crippen LogP contribution in [0.3, 0.4) is 0 Å². The number of rotatable bonds is 9. The van der Waals surface area contributed by atoms with Gasteiger partial charge in [0.25, 0.3) is 0 Å². The van der Waals surface area contributed by atoms with Crippen LogP contribution in [-0.4, -0.2) is 11.5 Å². The van der Waals surface area contributed by atoms with Gasteiger partial charge in [0.2, 0.25) is 0 Å². The lowest BCUT2D eigenvalue weighted by molar-refractivity contribution is -0.142. The maximum Gasteiger partial charge on any atom is 0.433 e. The molecule has 0 fully saturated rings. The summed E-state index contributed by atoms with van der Waals surface area (Å²) in [6, 6.07) is 6.97. The standard InChI is InChI=1S/C25H24F8N2/c1-2-3-4-6-16(14-34-13-15-9-17(26)11-18(27)10-15)20-12-22(25(31,32)33)35-23-19(20)7-5-8-21(23)24(28,29)30/h5,7-12,16,34H,2-4,6,13-14H2,1H3. The molecule has 0 saturated heterocycles. The molecule has 1 atom stereocenters. The maximum atomic E-state index is 13.6. The van der Waals surface area contributed by atoms with Gasteiger partial charge in [-0.3, -0.25) is 0 Å². The molecule has 1 N–H and O–H groups in total. The van der Waals surface area contributed by atoms with Gasteiger partial charge in [0.05, 0.1) is 11.1 Å². The van der Waals surface area contributed by atoms with Crippen molar-refractivity contribution in [2.45, 2.75) is 57.4 Å². The second kappa shape index (κ2) is 10.9. The molecule has 10 heteroatoms. The first-order valence-corrected chi connectivity index (χ1v) is 11.1. The van der Waals surface area contributed by atoms with E-state index in [1.54, 1.807) is 0 Å². The van der Waals surface area contributed by atoms with Crippen LogP contribution >= 0.6 is 0 Å². The van der Waals surface area contributed by atoms with Crippen LogP contribution in [-0.2, 0) is 18.9 Å². The molecule has 3 aromatic rings. The average molecular weight is 504 g/mol. The van der Waals surface area contributed by atoms with E-state index >= 15 is 0 Å². The van der Waals surface area contributed by atoms with Gasteiger partial charge < -0.3 is 5.32 Å². The SMILES string of the molecule is CCCCCC(CNCc1cc(F)cc(F)c1)c1cc(C(F)(F)F)nc2c(C(F)(F)F)cccc12. The van der Waals surface area contributed by atoms with Crippen LogP contribution in [0.15, 0.2) is 42.5 Å². The summed E-state index contributed by atoms with van der Waals surface area (Å²) in [7, 11) is 0. The van der Waals surface area contributed by atoms with Gasteiger partial charge in [0.15, 0.2) is 0 Å². The molecule has 2 aromatic carbocycles. The number of alkyl halides is 6. The summed E-state index contributed by atoms with van der Waals surface area (Å²) in [6.45, 7) is 2.07. The number of unbranched alkanes of at least 4 members (excludes halogenated alkanes) is 2. The average Bonchev–Trinajstić information content (AvgIpc) is 2.75. The Hall–Kier alpha value is -2.75. The number of nitrogens with zero attached hydrogens (tertiary/aromatic N) is 1. The fourth-order valence-electron chi connectivity index (χ4n) is 4.10. The third kappa shape index (κ3) is 6.90. The first kappa shape index (κ1) is 26.8. The largest absolute Gasteiger partial charge is 0.433 e. The van der Waals surface area contributed by atoms with E-state index in [2.05, 4.69) is 10.3 Å². The van der Waals surface area contributed by atoms with E-state index in [1.807, 2.05) is 6.92 Å². The monoisotopic (exact) mass is 504 g/mol. The van der Waals surface area contributed by atoms with E-state index in [1.165, 1.54) is 6.07 Å². The van der Waals surface area contributed by atoms with E-state index in [9.17, 15) is 35.1 Å². The Labute approximate surface area is 197 Å². The molecule has 0 aliphatic rings. The minimum absolute atomic E-state index is 0.00655. The summed E-state index contributed by atoms with van der Waals surface area (Å²) >= 11 is 0. The number of aromatic nitrogens is 1. The second-order valence-corrected chi connectivity index (χ2v) is 8.40. The summed E-state index contributed by atoms with van der Waals surface area (Å²) in [5.74, 6) is -2.12. The molecule has 0 bridgehead atoms. The van der Waals surface area contributed by atoms with Gasteiger partial charge in [-0.1, -0.05) is 38.3 Å². The smallest absolute Gasteiger partial charge is 0.312 e. The van der Waals surface area contributed by atoms with Crippen LogP contribution in [0, 0.1) is 11.6 Å². The topological polar surface area (TPSA) is 24.9 Å². The van der Waals surface area contributed by atoms with Crippen molar-refractivity contribution < 1.29 is 35.1 Å². The van der Waals surface area contributed by atoms with Gasteiger partial charge in [0.1, 0.15) is 17.3 Å². The van der Waals surface area contributed by atoms with Gasteiger partial charge in [-0.25, -0.2) is 13.8 Å². The molecule has 0 spiro atoms. The number of pyridine rings is 1. The van der Waals surface area contributed by atoms with Gasteiger partial charge in [-0.05, 0) is 47.7 Å². The Morgan fingerprint density at radius 2 is 1.57 bits per heavy atom. The molecular weight excluding hydrogens is 480 g/mol. The van der Waals surface area contributed by atoms with Crippen molar-refractivity contribution in [1.29, 1.82) is 0 Å². The Balaban J connectivity index is 2.04. The van der Waals surface area contributed by atoms with Crippen molar-refractivity contribution >= 4 is 10.9 Å².